The molecular formula is C16H29N3. The van der Waals surface area contributed by atoms with Gasteiger partial charge < -0.3 is 10.2 Å². The first-order chi connectivity index (χ1) is 9.12. The number of nitrogens with zero attached hydrogens (tertiary/aromatic N) is 2. The summed E-state index contributed by atoms with van der Waals surface area (Å²) in [6.45, 7) is 14.2. The highest BCUT2D eigenvalue weighted by molar-refractivity contribution is 5.41. The molecule has 108 valence electrons. The van der Waals surface area contributed by atoms with Gasteiger partial charge in [-0.2, -0.15) is 0 Å². The van der Waals surface area contributed by atoms with E-state index in [-0.39, 0.29) is 0 Å². The zero-order chi connectivity index (χ0) is 14.3. The Morgan fingerprint density at radius 3 is 2.58 bits per heavy atom. The van der Waals surface area contributed by atoms with Gasteiger partial charge in [-0.1, -0.05) is 27.2 Å². The zero-order valence-corrected chi connectivity index (χ0v) is 13.1. The Hall–Kier alpha value is -1.09. The van der Waals surface area contributed by atoms with Crippen LogP contribution in [-0.2, 0) is 0 Å². The monoisotopic (exact) mass is 263 g/mol. The van der Waals surface area contributed by atoms with Crippen molar-refractivity contribution in [2.24, 2.45) is 5.92 Å². The van der Waals surface area contributed by atoms with Gasteiger partial charge in [0, 0.05) is 25.3 Å². The molecule has 0 bridgehead atoms. The predicted octanol–water partition coefficient (Wildman–Crippen LogP) is 3.62. The lowest BCUT2D eigenvalue weighted by Gasteiger charge is -2.26. The largest absolute Gasteiger partial charge is 0.357 e. The molecular weight excluding hydrogens is 234 g/mol. The van der Waals surface area contributed by atoms with Crippen molar-refractivity contribution in [2.45, 2.75) is 47.1 Å². The maximum Gasteiger partial charge on any atom is 0.128 e. The van der Waals surface area contributed by atoms with E-state index in [9.17, 15) is 0 Å². The van der Waals surface area contributed by atoms with E-state index in [0.717, 1.165) is 25.5 Å². The smallest absolute Gasteiger partial charge is 0.128 e. The summed E-state index contributed by atoms with van der Waals surface area (Å²) < 4.78 is 0. The molecule has 2 atom stereocenters. The van der Waals surface area contributed by atoms with Crippen LogP contribution >= 0.6 is 0 Å². The van der Waals surface area contributed by atoms with Crippen LogP contribution in [0.15, 0.2) is 18.3 Å². The first kappa shape index (κ1) is 16.0. The number of nitrogens with one attached hydrogen (secondary N) is 1. The van der Waals surface area contributed by atoms with Gasteiger partial charge >= 0.3 is 0 Å². The lowest BCUT2D eigenvalue weighted by molar-refractivity contribution is 0.544. The molecule has 0 saturated heterocycles. The van der Waals surface area contributed by atoms with Gasteiger partial charge in [0.25, 0.3) is 0 Å². The standard InChI is InChI=1S/C16H29N3/c1-6-13(4)12-19(8-3)16-11-15(9-10-18-16)14(5)17-7-2/h9-11,13-14,17H,6-8,12H2,1-5H3. The molecule has 0 aliphatic carbocycles. The van der Waals surface area contributed by atoms with Crippen molar-refractivity contribution in [2.75, 3.05) is 24.5 Å². The third-order valence-corrected chi connectivity index (χ3v) is 3.71. The minimum absolute atomic E-state index is 0.383. The van der Waals surface area contributed by atoms with Crippen molar-refractivity contribution in [1.82, 2.24) is 10.3 Å². The Kier molecular flexibility index (Phi) is 6.85. The molecule has 0 fully saturated rings. The molecule has 3 heteroatoms. The van der Waals surface area contributed by atoms with Crippen molar-refractivity contribution in [3.63, 3.8) is 0 Å². The van der Waals surface area contributed by atoms with Crippen LogP contribution in [-0.4, -0.2) is 24.6 Å². The van der Waals surface area contributed by atoms with Crippen molar-refractivity contribution < 1.29 is 0 Å². The number of aromatic nitrogens is 1. The fourth-order valence-electron chi connectivity index (χ4n) is 2.19. The molecule has 0 radical (unpaired) electrons. The second-order valence-corrected chi connectivity index (χ2v) is 5.28. The van der Waals surface area contributed by atoms with Gasteiger partial charge in [0.15, 0.2) is 0 Å². The molecule has 1 rings (SSSR count). The number of pyridine rings is 1. The third kappa shape index (κ3) is 4.83. The highest BCUT2D eigenvalue weighted by Gasteiger charge is 2.11. The normalized spacial score (nSPS) is 14.2. The number of anilines is 1. The topological polar surface area (TPSA) is 28.2 Å². The van der Waals surface area contributed by atoms with Gasteiger partial charge in [0.1, 0.15) is 5.82 Å². The van der Waals surface area contributed by atoms with Crippen LogP contribution in [0.25, 0.3) is 0 Å². The molecule has 19 heavy (non-hydrogen) atoms. The van der Waals surface area contributed by atoms with Crippen LogP contribution in [0, 0.1) is 5.92 Å². The molecule has 0 aliphatic rings. The molecule has 2 unspecified atom stereocenters. The third-order valence-electron chi connectivity index (χ3n) is 3.71. The fraction of sp³-hybridized carbons (Fsp3) is 0.688. The summed E-state index contributed by atoms with van der Waals surface area (Å²) in [4.78, 5) is 6.91. The van der Waals surface area contributed by atoms with E-state index >= 15 is 0 Å². The maximum absolute atomic E-state index is 4.54. The SMILES string of the molecule is CCNC(C)c1ccnc(N(CC)CC(C)CC)c1. The fourth-order valence-corrected chi connectivity index (χ4v) is 2.19. The van der Waals surface area contributed by atoms with Gasteiger partial charge in [-0.15, -0.1) is 0 Å². The van der Waals surface area contributed by atoms with E-state index < -0.39 is 0 Å². The Balaban J connectivity index is 2.83. The van der Waals surface area contributed by atoms with E-state index in [2.05, 4.69) is 62.0 Å². The second-order valence-electron chi connectivity index (χ2n) is 5.28. The zero-order valence-electron chi connectivity index (χ0n) is 13.1. The van der Waals surface area contributed by atoms with E-state index in [0.29, 0.717) is 12.0 Å². The number of hydrogen-bond donors (Lipinski definition) is 1. The predicted molar refractivity (Wildman–Crippen MR) is 83.7 cm³/mol. The molecule has 1 heterocycles. The summed E-state index contributed by atoms with van der Waals surface area (Å²) in [5, 5.41) is 3.45. The summed E-state index contributed by atoms with van der Waals surface area (Å²) in [5.41, 5.74) is 1.31. The van der Waals surface area contributed by atoms with E-state index in [1.54, 1.807) is 0 Å². The summed E-state index contributed by atoms with van der Waals surface area (Å²) in [6, 6.07) is 4.71. The van der Waals surface area contributed by atoms with Crippen molar-refractivity contribution in [3.8, 4) is 0 Å². The lowest BCUT2D eigenvalue weighted by Crippen LogP contribution is -2.29. The molecule has 3 nitrogen and oxygen atoms in total. The quantitative estimate of drug-likeness (QED) is 0.776. The Bertz CT molecular complexity index is 365. The summed E-state index contributed by atoms with van der Waals surface area (Å²) in [5.74, 6) is 1.81. The van der Waals surface area contributed by atoms with Crippen LogP contribution in [0.3, 0.4) is 0 Å². The average molecular weight is 263 g/mol. The van der Waals surface area contributed by atoms with Gasteiger partial charge in [0.05, 0.1) is 0 Å². The molecule has 1 aromatic heterocycles. The minimum Gasteiger partial charge on any atom is -0.357 e. The van der Waals surface area contributed by atoms with Crippen LogP contribution < -0.4 is 10.2 Å². The van der Waals surface area contributed by atoms with Crippen LogP contribution in [0.5, 0.6) is 0 Å². The lowest BCUT2D eigenvalue weighted by atomic mass is 10.1. The molecule has 0 aliphatic heterocycles. The Morgan fingerprint density at radius 2 is 2.00 bits per heavy atom. The maximum atomic E-state index is 4.54. The van der Waals surface area contributed by atoms with Gasteiger partial charge in [-0.25, -0.2) is 4.98 Å². The number of hydrogen-bond acceptors (Lipinski definition) is 3. The summed E-state index contributed by atoms with van der Waals surface area (Å²) in [7, 11) is 0. The first-order valence-electron chi connectivity index (χ1n) is 7.56. The minimum atomic E-state index is 0.383. The summed E-state index contributed by atoms with van der Waals surface area (Å²) >= 11 is 0. The molecule has 1 N–H and O–H groups in total. The molecule has 0 spiro atoms. The van der Waals surface area contributed by atoms with Crippen LogP contribution in [0.2, 0.25) is 0 Å². The van der Waals surface area contributed by atoms with E-state index in [1.165, 1.54) is 12.0 Å². The first-order valence-corrected chi connectivity index (χ1v) is 7.56. The highest BCUT2D eigenvalue weighted by atomic mass is 15.2. The van der Waals surface area contributed by atoms with Crippen LogP contribution in [0.4, 0.5) is 5.82 Å². The van der Waals surface area contributed by atoms with Crippen LogP contribution in [0.1, 0.15) is 52.6 Å². The number of rotatable bonds is 8. The molecule has 0 amide bonds. The molecule has 1 aromatic rings. The molecule has 0 saturated carbocycles. The Labute approximate surface area is 118 Å². The van der Waals surface area contributed by atoms with E-state index in [1.807, 2.05) is 6.20 Å². The molecule has 0 aromatic carbocycles. The van der Waals surface area contributed by atoms with Crippen molar-refractivity contribution in [1.29, 1.82) is 0 Å². The average Bonchev–Trinajstić information content (AvgIpc) is 2.44. The second kappa shape index (κ2) is 8.16. The van der Waals surface area contributed by atoms with E-state index in [4.69, 9.17) is 0 Å². The highest BCUT2D eigenvalue weighted by Crippen LogP contribution is 2.19. The van der Waals surface area contributed by atoms with Gasteiger partial charge in [-0.3, -0.25) is 0 Å². The Morgan fingerprint density at radius 1 is 1.26 bits per heavy atom. The van der Waals surface area contributed by atoms with Crippen molar-refractivity contribution in [3.05, 3.63) is 23.9 Å². The summed E-state index contributed by atoms with van der Waals surface area (Å²) in [6.07, 6.45) is 3.14. The van der Waals surface area contributed by atoms with Gasteiger partial charge in [0.2, 0.25) is 0 Å². The van der Waals surface area contributed by atoms with Crippen molar-refractivity contribution >= 4 is 5.82 Å². The van der Waals surface area contributed by atoms with Gasteiger partial charge in [-0.05, 0) is 44.0 Å².